The van der Waals surface area contributed by atoms with Crippen LogP contribution in [0.15, 0.2) is 0 Å². The summed E-state index contributed by atoms with van der Waals surface area (Å²) in [7, 11) is -17.6. The monoisotopic (exact) mass is 848 g/mol. The van der Waals surface area contributed by atoms with Crippen molar-refractivity contribution in [2.45, 2.75) is 86.5 Å². The van der Waals surface area contributed by atoms with Crippen LogP contribution in [-0.2, 0) is 78.6 Å². The fourth-order valence-corrected chi connectivity index (χ4v) is 7.66. The second-order valence-corrected chi connectivity index (χ2v) is 20.8. The Labute approximate surface area is 311 Å². The van der Waals surface area contributed by atoms with Crippen LogP contribution in [0.4, 0.5) is 0 Å². The van der Waals surface area contributed by atoms with Gasteiger partial charge in [0.25, 0.3) is 40.5 Å². The topological polar surface area (TPSA) is 323 Å². The average molecular weight is 849 g/mol. The lowest BCUT2D eigenvalue weighted by Gasteiger charge is -2.42. The molecule has 20 nitrogen and oxygen atoms in total. The van der Waals surface area contributed by atoms with Gasteiger partial charge >= 0.3 is 23.9 Å². The van der Waals surface area contributed by atoms with Gasteiger partial charge in [0.1, 0.15) is 0 Å². The highest BCUT2D eigenvalue weighted by atomic mass is 32.2. The molecule has 312 valence electrons. The number of carbonyl (C=O) groups excluding carboxylic acids is 4. The van der Waals surface area contributed by atoms with E-state index in [1.165, 1.54) is 41.5 Å². The van der Waals surface area contributed by atoms with Crippen LogP contribution in [0.1, 0.15) is 86.5 Å². The Bertz CT molecular complexity index is 1590. The Kier molecular flexibility index (Phi) is 19.0. The Morgan fingerprint density at radius 3 is 0.811 bits per heavy atom. The summed E-state index contributed by atoms with van der Waals surface area (Å²) in [6.45, 7) is 6.11. The first-order valence-electron chi connectivity index (χ1n) is 16.1. The van der Waals surface area contributed by atoms with Gasteiger partial charge in [-0.15, -0.1) is 0 Å². The van der Waals surface area contributed by atoms with Gasteiger partial charge in [-0.2, -0.15) is 33.7 Å². The lowest BCUT2D eigenvalue weighted by atomic mass is 9.62. The number of carbonyl (C=O) groups is 4. The maximum Gasteiger partial charge on any atom is 0.311 e. The molecule has 0 heterocycles. The maximum atomic E-state index is 13.8. The molecule has 0 aliphatic rings. The summed E-state index contributed by atoms with van der Waals surface area (Å²) in [4.78, 5) is 53.9. The summed E-state index contributed by atoms with van der Waals surface area (Å²) < 4.78 is 146. The molecule has 0 saturated carbocycles. The molecule has 2 unspecified atom stereocenters. The van der Waals surface area contributed by atoms with Gasteiger partial charge in [0.2, 0.25) is 0 Å². The molecule has 0 amide bonds. The van der Waals surface area contributed by atoms with Crippen LogP contribution in [0.5, 0.6) is 0 Å². The summed E-state index contributed by atoms with van der Waals surface area (Å²) in [6, 6.07) is 0. The molecule has 4 N–H and O–H groups in total. The molecule has 0 aromatic rings. The molecule has 0 spiro atoms. The minimum atomic E-state index is -4.43. The molecule has 0 fully saturated rings. The maximum absolute atomic E-state index is 13.8. The normalized spacial score (nSPS) is 15.4. The Hall–Kier alpha value is -2.48. The number of hydrogen-bond acceptors (Lipinski definition) is 16. The molecule has 53 heavy (non-hydrogen) atoms. The summed E-state index contributed by atoms with van der Waals surface area (Å²) in [5.74, 6) is -6.94. The Morgan fingerprint density at radius 1 is 0.396 bits per heavy atom. The van der Waals surface area contributed by atoms with Gasteiger partial charge < -0.3 is 18.9 Å². The van der Waals surface area contributed by atoms with Gasteiger partial charge in [-0.05, 0) is 86.5 Å². The molecule has 0 aliphatic heterocycles. The van der Waals surface area contributed by atoms with E-state index in [9.17, 15) is 52.8 Å². The van der Waals surface area contributed by atoms with Crippen molar-refractivity contribution in [1.82, 2.24) is 0 Å². The standard InChI is InChI=1S/C29H52O20S4/c1-26(2,22(30)46-11-7-15-50(34,35)36)19-28(5,24(32)48-13-9-17-52(40,41)42)21-29(6,25(33)49-14-10-18-53(43,44)45)20-27(3,4)23(31)47-12-8-16-51(37,38)39/h7-21H2,1-6H3,(H,34,35,36)(H,37,38,39)(H,40,41,42)(H,43,44,45). The zero-order chi connectivity index (χ0) is 41.7. The van der Waals surface area contributed by atoms with Crippen molar-refractivity contribution in [2.75, 3.05) is 49.4 Å². The van der Waals surface area contributed by atoms with Crippen molar-refractivity contribution in [3.05, 3.63) is 0 Å². The van der Waals surface area contributed by atoms with Gasteiger partial charge in [0, 0.05) is 0 Å². The summed E-state index contributed by atoms with van der Waals surface area (Å²) in [5.41, 5.74) is -6.90. The van der Waals surface area contributed by atoms with Crippen LogP contribution in [0, 0.1) is 21.7 Å². The SMILES string of the molecule is CC(C)(CC(C)(CC(C)(CC(C)(C)C(=O)OCCCS(=O)(=O)O)C(=O)OCCCS(=O)(=O)O)C(=O)OCCCS(=O)(=O)O)C(=O)OCCCS(=O)(=O)O. The largest absolute Gasteiger partial charge is 0.465 e. The predicted octanol–water partition coefficient (Wildman–Crippen LogP) is 1.51. The van der Waals surface area contributed by atoms with Gasteiger partial charge in [0.05, 0.1) is 71.1 Å². The van der Waals surface area contributed by atoms with E-state index in [0.717, 1.165) is 0 Å². The van der Waals surface area contributed by atoms with Crippen LogP contribution < -0.4 is 0 Å². The van der Waals surface area contributed by atoms with E-state index in [1.54, 1.807) is 0 Å². The highest BCUT2D eigenvalue weighted by molar-refractivity contribution is 7.86. The third kappa shape index (κ3) is 21.9. The zero-order valence-corrected chi connectivity index (χ0v) is 33.8. The third-order valence-electron chi connectivity index (χ3n) is 7.65. The molecule has 0 aliphatic carbocycles. The number of ether oxygens (including phenoxy) is 4. The quantitative estimate of drug-likeness (QED) is 0.0415. The molecule has 0 rings (SSSR count). The van der Waals surface area contributed by atoms with Crippen LogP contribution in [0.25, 0.3) is 0 Å². The minimum absolute atomic E-state index is 0.268. The minimum Gasteiger partial charge on any atom is -0.465 e. The van der Waals surface area contributed by atoms with E-state index in [0.29, 0.717) is 0 Å². The van der Waals surface area contributed by atoms with E-state index < -0.39 is 155 Å². The van der Waals surface area contributed by atoms with Crippen LogP contribution in [0.3, 0.4) is 0 Å². The van der Waals surface area contributed by atoms with Crippen molar-refractivity contribution in [3.63, 3.8) is 0 Å². The fourth-order valence-electron chi connectivity index (χ4n) is 5.73. The third-order valence-corrected chi connectivity index (χ3v) is 10.9. The van der Waals surface area contributed by atoms with Crippen molar-refractivity contribution < 1.29 is 90.0 Å². The highest BCUT2D eigenvalue weighted by Gasteiger charge is 2.53. The second-order valence-electron chi connectivity index (χ2n) is 14.5. The van der Waals surface area contributed by atoms with Gasteiger partial charge in [0.15, 0.2) is 0 Å². The summed E-state index contributed by atoms with van der Waals surface area (Å²) in [5, 5.41) is 0. The predicted molar refractivity (Wildman–Crippen MR) is 186 cm³/mol. The fraction of sp³-hybridized carbons (Fsp3) is 0.862. The lowest BCUT2D eigenvalue weighted by molar-refractivity contribution is -0.171. The van der Waals surface area contributed by atoms with Crippen molar-refractivity contribution >= 4 is 64.3 Å². The van der Waals surface area contributed by atoms with E-state index in [4.69, 9.17) is 37.2 Å². The van der Waals surface area contributed by atoms with Crippen LogP contribution in [-0.4, -0.2) is 125 Å². The van der Waals surface area contributed by atoms with Crippen LogP contribution in [0.2, 0.25) is 0 Å². The van der Waals surface area contributed by atoms with Gasteiger partial charge in [-0.1, -0.05) is 0 Å². The first-order chi connectivity index (χ1) is 23.6. The number of rotatable bonds is 26. The van der Waals surface area contributed by atoms with E-state index in [-0.39, 0.29) is 25.7 Å². The Balaban J connectivity index is 6.72. The highest BCUT2D eigenvalue weighted by Crippen LogP contribution is 2.49. The molecular formula is C29H52O20S4. The van der Waals surface area contributed by atoms with Gasteiger partial charge in [-0.3, -0.25) is 37.4 Å². The first kappa shape index (κ1) is 50.5. The second kappa shape index (κ2) is 19.9. The summed E-state index contributed by atoms with van der Waals surface area (Å²) in [6.07, 6.45) is -2.66. The van der Waals surface area contributed by atoms with E-state index in [2.05, 4.69) is 0 Å². The van der Waals surface area contributed by atoms with E-state index >= 15 is 0 Å². The molecule has 2 atom stereocenters. The Morgan fingerprint density at radius 2 is 0.604 bits per heavy atom. The lowest BCUT2D eigenvalue weighted by Crippen LogP contribution is -2.47. The number of esters is 4. The molecule has 0 aromatic carbocycles. The molecule has 0 radical (unpaired) electrons. The first-order valence-corrected chi connectivity index (χ1v) is 22.6. The molecule has 0 aromatic heterocycles. The van der Waals surface area contributed by atoms with Gasteiger partial charge in [-0.25, -0.2) is 0 Å². The molecule has 24 heteroatoms. The average Bonchev–Trinajstić information content (AvgIpc) is 2.94. The van der Waals surface area contributed by atoms with Crippen LogP contribution >= 0.6 is 0 Å². The van der Waals surface area contributed by atoms with Crippen molar-refractivity contribution in [3.8, 4) is 0 Å². The van der Waals surface area contributed by atoms with Crippen molar-refractivity contribution in [2.24, 2.45) is 21.7 Å². The molecular weight excluding hydrogens is 797 g/mol. The van der Waals surface area contributed by atoms with E-state index in [1.807, 2.05) is 0 Å². The zero-order valence-electron chi connectivity index (χ0n) is 30.6. The summed E-state index contributed by atoms with van der Waals surface area (Å²) >= 11 is 0. The molecule has 0 bridgehead atoms. The smallest absolute Gasteiger partial charge is 0.311 e. The number of hydrogen-bond donors (Lipinski definition) is 4. The molecule has 0 saturated heterocycles. The van der Waals surface area contributed by atoms with Crippen molar-refractivity contribution in [1.29, 1.82) is 0 Å².